The number of fused-ring (bicyclic) bond motifs is 2. The molecular weight excluding hydrogens is 663 g/mol. The molecule has 0 aromatic heterocycles. The summed E-state index contributed by atoms with van der Waals surface area (Å²) in [5.74, 6) is -2.01. The number of piperidine rings is 2. The smallest absolute Gasteiger partial charge is 0.262 e. The zero-order valence-electron chi connectivity index (χ0n) is 28.8. The molecule has 2 fully saturated rings. The van der Waals surface area contributed by atoms with Crippen LogP contribution in [0.2, 0.25) is 0 Å². The highest BCUT2D eigenvalue weighted by Gasteiger charge is 2.45. The average Bonchev–Trinajstić information content (AvgIpc) is 3.39. The van der Waals surface area contributed by atoms with E-state index in [1.54, 1.807) is 12.1 Å². The van der Waals surface area contributed by atoms with Gasteiger partial charge in [0.15, 0.2) is 0 Å². The number of amides is 4. The van der Waals surface area contributed by atoms with E-state index >= 15 is 4.39 Å². The number of nitrogens with zero attached hydrogens (tertiary/aromatic N) is 3. The molecule has 4 aromatic rings. The Morgan fingerprint density at radius 1 is 0.865 bits per heavy atom. The molecule has 0 aliphatic carbocycles. The summed E-state index contributed by atoms with van der Waals surface area (Å²) in [6, 6.07) is 26.1. The number of carbonyl (C=O) groups excluding carboxylic acids is 4. The predicted octanol–water partition coefficient (Wildman–Crippen LogP) is 5.34. The highest BCUT2D eigenvalue weighted by atomic mass is 19.1. The molecule has 4 aromatic carbocycles. The van der Waals surface area contributed by atoms with E-state index in [9.17, 15) is 24.3 Å². The van der Waals surface area contributed by atoms with Crippen molar-refractivity contribution in [2.45, 2.75) is 56.1 Å². The van der Waals surface area contributed by atoms with Gasteiger partial charge < -0.3 is 14.7 Å². The molecule has 2 N–H and O–H groups in total. The minimum atomic E-state index is -1.10. The van der Waals surface area contributed by atoms with Crippen molar-refractivity contribution < 1.29 is 33.4 Å². The van der Waals surface area contributed by atoms with E-state index in [1.165, 1.54) is 17.2 Å². The minimum Gasteiger partial charge on any atom is -0.508 e. The average molecular weight is 703 g/mol. The van der Waals surface area contributed by atoms with E-state index in [0.717, 1.165) is 48.1 Å². The lowest BCUT2D eigenvalue weighted by Gasteiger charge is -2.38. The van der Waals surface area contributed by atoms with Crippen molar-refractivity contribution in [3.05, 3.63) is 124 Å². The zero-order chi connectivity index (χ0) is 36.1. The molecule has 52 heavy (non-hydrogen) atoms. The van der Waals surface area contributed by atoms with Crippen molar-refractivity contribution in [2.75, 3.05) is 31.6 Å². The Labute approximate surface area is 300 Å². The fourth-order valence-corrected chi connectivity index (χ4v) is 8.31. The van der Waals surface area contributed by atoms with E-state index < -0.39 is 35.5 Å². The molecule has 4 heterocycles. The Kier molecular flexibility index (Phi) is 8.74. The molecule has 1 unspecified atom stereocenters. The highest BCUT2D eigenvalue weighted by Crippen LogP contribution is 2.47. The van der Waals surface area contributed by atoms with Gasteiger partial charge in [0, 0.05) is 66.8 Å². The largest absolute Gasteiger partial charge is 0.508 e. The van der Waals surface area contributed by atoms with Crippen LogP contribution in [0.1, 0.15) is 80.5 Å². The molecule has 2 saturated heterocycles. The predicted molar refractivity (Wildman–Crippen MR) is 191 cm³/mol. The first kappa shape index (κ1) is 33.6. The first-order chi connectivity index (χ1) is 25.2. The number of nitrogens with one attached hydrogen (secondary N) is 1. The molecule has 11 heteroatoms. The Morgan fingerprint density at radius 3 is 2.29 bits per heavy atom. The number of carbonyl (C=O) groups is 4. The van der Waals surface area contributed by atoms with E-state index in [0.29, 0.717) is 17.9 Å². The number of halogens is 1. The molecule has 4 aliphatic rings. The summed E-state index contributed by atoms with van der Waals surface area (Å²) in [5.41, 5.74) is 4.90. The molecule has 4 amide bonds. The van der Waals surface area contributed by atoms with Crippen molar-refractivity contribution in [1.29, 1.82) is 0 Å². The number of phenolic OH excluding ortho intramolecular Hbond substituents is 1. The first-order valence-electron chi connectivity index (χ1n) is 17.8. The van der Waals surface area contributed by atoms with Crippen molar-refractivity contribution in [3.63, 3.8) is 0 Å². The van der Waals surface area contributed by atoms with Gasteiger partial charge in [0.2, 0.25) is 11.8 Å². The van der Waals surface area contributed by atoms with Crippen LogP contribution in [0.3, 0.4) is 0 Å². The Morgan fingerprint density at radius 2 is 1.58 bits per heavy atom. The monoisotopic (exact) mass is 702 g/mol. The minimum absolute atomic E-state index is 0.0194. The van der Waals surface area contributed by atoms with Crippen molar-refractivity contribution in [3.8, 4) is 11.5 Å². The molecule has 266 valence electrons. The van der Waals surface area contributed by atoms with E-state index in [2.05, 4.69) is 51.5 Å². The van der Waals surface area contributed by atoms with Crippen molar-refractivity contribution in [1.82, 2.24) is 15.1 Å². The van der Waals surface area contributed by atoms with Gasteiger partial charge in [-0.1, -0.05) is 48.5 Å². The normalized spacial score (nSPS) is 21.9. The van der Waals surface area contributed by atoms with Crippen molar-refractivity contribution in [2.24, 2.45) is 0 Å². The summed E-state index contributed by atoms with van der Waals surface area (Å²) in [6.07, 6.45) is 1.78. The summed E-state index contributed by atoms with van der Waals surface area (Å²) in [5, 5.41) is 12.3. The van der Waals surface area contributed by atoms with Gasteiger partial charge in [-0.3, -0.25) is 34.3 Å². The number of hydrogen-bond acceptors (Lipinski definition) is 8. The lowest BCUT2D eigenvalue weighted by Crippen LogP contribution is -2.54. The summed E-state index contributed by atoms with van der Waals surface area (Å²) in [4.78, 5) is 55.7. The number of benzene rings is 4. The maximum Gasteiger partial charge on any atom is 0.262 e. The quantitative estimate of drug-likeness (QED) is 0.248. The van der Waals surface area contributed by atoms with Gasteiger partial charge >= 0.3 is 0 Å². The molecule has 0 saturated carbocycles. The Bertz CT molecular complexity index is 2060. The molecule has 8 rings (SSSR count). The number of aromatic hydroxyl groups is 1. The standard InChI is InChI=1S/C41H39FN4O6/c1-44(22-26-19-31-32(21-34(26)42)41(51)46(40(31)50)35-13-14-37(48)43-39(35)49)27-15-17-45(18-16-27)28-9-7-25(8-10-28)38-30-12-11-29(47)20-36(30)52-23-33(38)24-5-3-2-4-6-24/h2-12,19-21,27,33,35,38,47H,13-18,22-23H2,1H3,(H,43,48,49)/t33-,35?,38-/m1/s1. The maximum absolute atomic E-state index is 15.4. The fourth-order valence-electron chi connectivity index (χ4n) is 8.31. The van der Waals surface area contributed by atoms with E-state index in [1.807, 2.05) is 31.3 Å². The highest BCUT2D eigenvalue weighted by molar-refractivity contribution is 6.23. The number of hydrogen-bond donors (Lipinski definition) is 2. The number of rotatable bonds is 7. The van der Waals surface area contributed by atoms with Gasteiger partial charge in [0.1, 0.15) is 23.4 Å². The Balaban J connectivity index is 0.929. The van der Waals surface area contributed by atoms with Gasteiger partial charge in [-0.05, 0) is 67.8 Å². The van der Waals surface area contributed by atoms with Crippen LogP contribution in [0.25, 0.3) is 0 Å². The Hall–Kier alpha value is -5.55. The molecular formula is C41H39FN4O6. The first-order valence-corrected chi connectivity index (χ1v) is 17.8. The van der Waals surface area contributed by atoms with Crippen LogP contribution in [0.5, 0.6) is 11.5 Å². The third kappa shape index (κ3) is 6.08. The second-order valence-electron chi connectivity index (χ2n) is 14.2. The lowest BCUT2D eigenvalue weighted by molar-refractivity contribution is -0.136. The van der Waals surface area contributed by atoms with Crippen LogP contribution in [0.4, 0.5) is 10.1 Å². The van der Waals surface area contributed by atoms with Crippen LogP contribution in [0.15, 0.2) is 84.9 Å². The molecule has 3 atom stereocenters. The number of anilines is 1. The second-order valence-corrected chi connectivity index (χ2v) is 14.2. The third-order valence-corrected chi connectivity index (χ3v) is 11.1. The molecule has 0 spiro atoms. The van der Waals surface area contributed by atoms with Gasteiger partial charge in [-0.2, -0.15) is 0 Å². The molecule has 0 bridgehead atoms. The van der Waals surface area contributed by atoms with E-state index in [4.69, 9.17) is 4.74 Å². The summed E-state index contributed by atoms with van der Waals surface area (Å²) in [6.45, 7) is 2.41. The van der Waals surface area contributed by atoms with Crippen LogP contribution in [-0.4, -0.2) is 77.4 Å². The number of phenols is 1. The second kappa shape index (κ2) is 13.5. The summed E-state index contributed by atoms with van der Waals surface area (Å²) in [7, 11) is 1.94. The van der Waals surface area contributed by atoms with Gasteiger partial charge in [0.25, 0.3) is 11.8 Å². The topological polar surface area (TPSA) is 119 Å². The van der Waals surface area contributed by atoms with Crippen LogP contribution in [-0.2, 0) is 16.1 Å². The van der Waals surface area contributed by atoms with Crippen molar-refractivity contribution >= 4 is 29.3 Å². The van der Waals surface area contributed by atoms with Gasteiger partial charge in [-0.15, -0.1) is 0 Å². The van der Waals surface area contributed by atoms with Crippen LogP contribution in [0, 0.1) is 5.82 Å². The fraction of sp³-hybridized carbons (Fsp3) is 0.317. The third-order valence-electron chi connectivity index (χ3n) is 11.1. The van der Waals surface area contributed by atoms with Gasteiger partial charge in [-0.25, -0.2) is 4.39 Å². The van der Waals surface area contributed by atoms with Crippen LogP contribution < -0.4 is 15.0 Å². The van der Waals surface area contributed by atoms with Crippen LogP contribution >= 0.6 is 0 Å². The van der Waals surface area contributed by atoms with Gasteiger partial charge in [0.05, 0.1) is 17.7 Å². The lowest BCUT2D eigenvalue weighted by atomic mass is 9.76. The summed E-state index contributed by atoms with van der Waals surface area (Å²) >= 11 is 0. The zero-order valence-corrected chi connectivity index (χ0v) is 28.8. The number of imide groups is 2. The SMILES string of the molecule is CN(Cc1cc2c(cc1F)C(=O)N(C1CCC(=O)NC1=O)C2=O)C1CCN(c2ccc([C@@H]3c4ccc(O)cc4OC[C@@H]3c3ccccc3)cc2)CC1. The molecule has 0 radical (unpaired) electrons. The maximum atomic E-state index is 15.4. The summed E-state index contributed by atoms with van der Waals surface area (Å²) < 4.78 is 21.5. The number of ether oxygens (including phenoxy) is 1. The van der Waals surface area contributed by atoms with E-state index in [-0.39, 0.29) is 54.1 Å². The molecule has 10 nitrogen and oxygen atoms in total. The molecule has 4 aliphatic heterocycles.